The topological polar surface area (TPSA) is 102 Å². The minimum atomic E-state index is -4.73. The first-order chi connectivity index (χ1) is 14.9. The molecule has 0 aliphatic carbocycles. The number of anilines is 3. The Morgan fingerprint density at radius 1 is 1.00 bits per heavy atom. The smallest absolute Gasteiger partial charge is 0.406 e. The van der Waals surface area contributed by atoms with Gasteiger partial charge < -0.3 is 21.1 Å². The Labute approximate surface area is 174 Å². The Hall–Kier alpha value is -4.02. The number of ether oxygens (including phenoxy) is 1. The Kier molecular flexibility index (Phi) is 5.48. The maximum Gasteiger partial charge on any atom is 0.573 e. The predicted molar refractivity (Wildman–Crippen MR) is 111 cm³/mol. The van der Waals surface area contributed by atoms with Crippen LogP contribution in [0.2, 0.25) is 0 Å². The molecule has 0 fully saturated rings. The zero-order valence-corrected chi connectivity index (χ0v) is 16.1. The maximum absolute atomic E-state index is 12.4. The second kappa shape index (κ2) is 8.38. The van der Waals surface area contributed by atoms with Crippen molar-refractivity contribution in [3.05, 3.63) is 61.1 Å². The Morgan fingerprint density at radius 2 is 1.77 bits per heavy atom. The van der Waals surface area contributed by atoms with E-state index in [1.165, 1.54) is 24.3 Å². The number of fused-ring (bicyclic) bond motifs is 1. The van der Waals surface area contributed by atoms with Crippen molar-refractivity contribution in [3.8, 4) is 17.0 Å². The summed E-state index contributed by atoms with van der Waals surface area (Å²) in [5, 5.41) is 6.40. The molecule has 0 amide bonds. The summed E-state index contributed by atoms with van der Waals surface area (Å²) in [5.74, 6) is 0.957. The highest BCUT2D eigenvalue weighted by Crippen LogP contribution is 2.27. The fourth-order valence-corrected chi connectivity index (χ4v) is 2.90. The molecule has 0 saturated carbocycles. The molecule has 4 rings (SSSR count). The van der Waals surface area contributed by atoms with E-state index in [2.05, 4.69) is 30.3 Å². The lowest BCUT2D eigenvalue weighted by Gasteiger charge is -2.12. The lowest BCUT2D eigenvalue weighted by atomic mass is 10.1. The molecule has 0 radical (unpaired) electrons. The maximum atomic E-state index is 12.4. The number of nitrogens with zero attached hydrogens (tertiary/aromatic N) is 4. The van der Waals surface area contributed by atoms with E-state index < -0.39 is 6.36 Å². The minimum Gasteiger partial charge on any atom is -0.406 e. The lowest BCUT2D eigenvalue weighted by molar-refractivity contribution is -0.274. The van der Waals surface area contributed by atoms with Crippen LogP contribution in [-0.4, -0.2) is 38.8 Å². The van der Waals surface area contributed by atoms with Crippen LogP contribution in [0, 0.1) is 0 Å². The molecule has 0 aliphatic rings. The molecule has 11 heteroatoms. The molecule has 3 heterocycles. The first kappa shape index (κ1) is 20.3. The van der Waals surface area contributed by atoms with Crippen molar-refractivity contribution in [1.82, 2.24) is 19.4 Å². The number of halogens is 3. The largest absolute Gasteiger partial charge is 0.573 e. The highest BCUT2D eigenvalue weighted by Gasteiger charge is 2.31. The number of pyridine rings is 1. The van der Waals surface area contributed by atoms with E-state index >= 15 is 0 Å². The van der Waals surface area contributed by atoms with Gasteiger partial charge in [-0.05, 0) is 36.4 Å². The van der Waals surface area contributed by atoms with Crippen LogP contribution in [0.4, 0.5) is 30.6 Å². The van der Waals surface area contributed by atoms with Crippen molar-refractivity contribution < 1.29 is 17.9 Å². The van der Waals surface area contributed by atoms with Crippen LogP contribution >= 0.6 is 0 Å². The highest BCUT2D eigenvalue weighted by atomic mass is 19.4. The molecule has 31 heavy (non-hydrogen) atoms. The summed E-state index contributed by atoms with van der Waals surface area (Å²) in [5.41, 5.74) is 8.05. The van der Waals surface area contributed by atoms with Gasteiger partial charge in [0.2, 0.25) is 5.95 Å². The average molecular weight is 429 g/mol. The third-order valence-corrected chi connectivity index (χ3v) is 4.27. The molecule has 0 aliphatic heterocycles. The van der Waals surface area contributed by atoms with Crippen LogP contribution in [0.3, 0.4) is 0 Å². The van der Waals surface area contributed by atoms with Gasteiger partial charge in [0.05, 0.1) is 17.6 Å². The van der Waals surface area contributed by atoms with Gasteiger partial charge in [0.25, 0.3) is 0 Å². The Balaban J connectivity index is 1.48. The summed E-state index contributed by atoms with van der Waals surface area (Å²) in [7, 11) is 0. The van der Waals surface area contributed by atoms with Gasteiger partial charge in [-0.2, -0.15) is 0 Å². The van der Waals surface area contributed by atoms with Crippen molar-refractivity contribution in [1.29, 1.82) is 0 Å². The standard InChI is InChI=1S/C20H18F3N7O/c21-20(22,23)31-15-4-1-13(2-5-15)16-11-18-26-9-10-30(18)19(29-16)27-8-7-25-17-6-3-14(24)12-28-17/h1-6,9-12H,7-8,24H2,(H,25,28)(H,27,29). The van der Waals surface area contributed by atoms with Gasteiger partial charge >= 0.3 is 6.36 Å². The molecule has 1 aromatic carbocycles. The normalized spacial score (nSPS) is 11.5. The Bertz CT molecular complexity index is 1160. The van der Waals surface area contributed by atoms with E-state index in [-0.39, 0.29) is 5.75 Å². The SMILES string of the molecule is Nc1ccc(NCCNc2nc(-c3ccc(OC(F)(F)F)cc3)cc3nccn23)nc1. The molecule has 160 valence electrons. The van der Waals surface area contributed by atoms with Crippen LogP contribution in [-0.2, 0) is 0 Å². The molecular formula is C20H18F3N7O. The summed E-state index contributed by atoms with van der Waals surface area (Å²) in [6, 6.07) is 10.8. The lowest BCUT2D eigenvalue weighted by Crippen LogP contribution is -2.17. The minimum absolute atomic E-state index is 0.293. The number of alkyl halides is 3. The molecule has 4 N–H and O–H groups in total. The van der Waals surface area contributed by atoms with Crippen LogP contribution in [0.25, 0.3) is 16.9 Å². The predicted octanol–water partition coefficient (Wildman–Crippen LogP) is 3.80. The molecular weight excluding hydrogens is 411 g/mol. The fraction of sp³-hybridized carbons (Fsp3) is 0.150. The zero-order chi connectivity index (χ0) is 21.8. The first-order valence-corrected chi connectivity index (χ1v) is 9.27. The molecule has 0 spiro atoms. The summed E-state index contributed by atoms with van der Waals surface area (Å²) in [6.45, 7) is 1.11. The highest BCUT2D eigenvalue weighted by molar-refractivity contribution is 5.66. The number of benzene rings is 1. The van der Waals surface area contributed by atoms with Crippen molar-refractivity contribution in [2.24, 2.45) is 0 Å². The van der Waals surface area contributed by atoms with Crippen molar-refractivity contribution in [3.63, 3.8) is 0 Å². The number of nitrogen functional groups attached to an aromatic ring is 1. The summed E-state index contributed by atoms with van der Waals surface area (Å²) < 4.78 is 42.8. The van der Waals surface area contributed by atoms with Gasteiger partial charge in [-0.3, -0.25) is 4.40 Å². The molecule has 8 nitrogen and oxygen atoms in total. The number of nitrogens with two attached hydrogens (primary N) is 1. The van der Waals surface area contributed by atoms with E-state index in [0.717, 1.165) is 0 Å². The fourth-order valence-electron chi connectivity index (χ4n) is 2.90. The third-order valence-electron chi connectivity index (χ3n) is 4.27. The molecule has 0 atom stereocenters. The third kappa shape index (κ3) is 5.13. The average Bonchev–Trinajstić information content (AvgIpc) is 3.21. The number of hydrogen-bond acceptors (Lipinski definition) is 7. The van der Waals surface area contributed by atoms with Gasteiger partial charge in [-0.1, -0.05) is 0 Å². The van der Waals surface area contributed by atoms with Crippen molar-refractivity contribution in [2.45, 2.75) is 6.36 Å². The van der Waals surface area contributed by atoms with Gasteiger partial charge in [-0.25, -0.2) is 15.0 Å². The molecule has 3 aromatic heterocycles. The number of rotatable bonds is 7. The summed E-state index contributed by atoms with van der Waals surface area (Å²) in [4.78, 5) is 13.1. The van der Waals surface area contributed by atoms with Crippen molar-refractivity contribution >= 4 is 23.1 Å². The number of nitrogens with one attached hydrogen (secondary N) is 2. The Morgan fingerprint density at radius 3 is 2.48 bits per heavy atom. The van der Waals surface area contributed by atoms with E-state index in [0.29, 0.717) is 47.4 Å². The van der Waals surface area contributed by atoms with Gasteiger partial charge in [0.15, 0.2) is 0 Å². The van der Waals surface area contributed by atoms with Crippen LogP contribution < -0.4 is 21.1 Å². The van der Waals surface area contributed by atoms with E-state index in [9.17, 15) is 13.2 Å². The summed E-state index contributed by atoms with van der Waals surface area (Å²) >= 11 is 0. The number of hydrogen-bond donors (Lipinski definition) is 3. The van der Waals surface area contributed by atoms with Crippen LogP contribution in [0.15, 0.2) is 61.1 Å². The number of imidazole rings is 1. The molecule has 0 saturated heterocycles. The van der Waals surface area contributed by atoms with Crippen LogP contribution in [0.5, 0.6) is 5.75 Å². The van der Waals surface area contributed by atoms with E-state index in [4.69, 9.17) is 5.73 Å². The van der Waals surface area contributed by atoms with Gasteiger partial charge in [0.1, 0.15) is 17.2 Å². The second-order valence-corrected chi connectivity index (χ2v) is 6.52. The van der Waals surface area contributed by atoms with E-state index in [1.807, 2.05) is 0 Å². The monoisotopic (exact) mass is 429 g/mol. The quantitative estimate of drug-likeness (QED) is 0.384. The van der Waals surface area contributed by atoms with Crippen molar-refractivity contribution in [2.75, 3.05) is 29.5 Å². The van der Waals surface area contributed by atoms with E-state index in [1.54, 1.807) is 41.2 Å². The second-order valence-electron chi connectivity index (χ2n) is 6.52. The first-order valence-electron chi connectivity index (χ1n) is 9.27. The zero-order valence-electron chi connectivity index (χ0n) is 16.1. The van der Waals surface area contributed by atoms with Gasteiger partial charge in [0, 0.05) is 37.1 Å². The number of aromatic nitrogens is 4. The molecule has 0 bridgehead atoms. The summed E-state index contributed by atoms with van der Waals surface area (Å²) in [6.07, 6.45) is 0.245. The molecule has 0 unspecified atom stereocenters. The molecule has 4 aromatic rings. The van der Waals surface area contributed by atoms with Gasteiger partial charge in [-0.15, -0.1) is 13.2 Å². The van der Waals surface area contributed by atoms with Crippen LogP contribution in [0.1, 0.15) is 0 Å².